The molecule has 0 amide bonds. The minimum absolute atomic E-state index is 0.0170. The molecule has 0 saturated carbocycles. The van der Waals surface area contributed by atoms with Gasteiger partial charge in [0.05, 0.1) is 13.2 Å². The van der Waals surface area contributed by atoms with Crippen molar-refractivity contribution in [2.24, 2.45) is 0 Å². The minimum atomic E-state index is -1.32. The van der Waals surface area contributed by atoms with E-state index in [-0.39, 0.29) is 25.4 Å². The van der Waals surface area contributed by atoms with E-state index in [9.17, 15) is 9.59 Å². The number of rotatable bonds is 6. The van der Waals surface area contributed by atoms with E-state index in [2.05, 4.69) is 0 Å². The third-order valence-corrected chi connectivity index (χ3v) is 4.15. The molecule has 0 aromatic rings. The number of hydrogen-bond acceptors (Lipinski definition) is 7. The molecule has 0 aromatic carbocycles. The molecular formula is C14H16O7. The van der Waals surface area contributed by atoms with Crippen molar-refractivity contribution in [3.05, 3.63) is 12.2 Å². The SMILES string of the molecule is O=C(OCC1CO1)C12C=CCCC1(C(=O)OCC1CO1)O2. The molecule has 3 aliphatic heterocycles. The van der Waals surface area contributed by atoms with Crippen LogP contribution in [0.3, 0.4) is 0 Å². The molecule has 7 nitrogen and oxygen atoms in total. The molecule has 114 valence electrons. The predicted molar refractivity (Wildman–Crippen MR) is 66.3 cm³/mol. The first kappa shape index (κ1) is 13.2. The van der Waals surface area contributed by atoms with Gasteiger partial charge in [0.25, 0.3) is 0 Å². The Morgan fingerprint density at radius 2 is 1.71 bits per heavy atom. The van der Waals surface area contributed by atoms with Crippen LogP contribution >= 0.6 is 0 Å². The maximum Gasteiger partial charge on any atom is 0.346 e. The van der Waals surface area contributed by atoms with Crippen molar-refractivity contribution in [1.29, 1.82) is 0 Å². The fraction of sp³-hybridized carbons (Fsp3) is 0.714. The van der Waals surface area contributed by atoms with Gasteiger partial charge in [0.15, 0.2) is 0 Å². The molecule has 1 aliphatic carbocycles. The Kier molecular flexibility index (Phi) is 2.85. The van der Waals surface area contributed by atoms with E-state index < -0.39 is 23.1 Å². The second-order valence-electron chi connectivity index (χ2n) is 5.71. The van der Waals surface area contributed by atoms with Crippen LogP contribution in [0.15, 0.2) is 12.2 Å². The van der Waals surface area contributed by atoms with Gasteiger partial charge in [0.2, 0.25) is 11.2 Å². The Bertz CT molecular complexity index is 507. The van der Waals surface area contributed by atoms with Crippen LogP contribution < -0.4 is 0 Å². The Morgan fingerprint density at radius 3 is 2.33 bits per heavy atom. The zero-order valence-electron chi connectivity index (χ0n) is 11.4. The lowest BCUT2D eigenvalue weighted by molar-refractivity contribution is -0.153. The van der Waals surface area contributed by atoms with Crippen LogP contribution in [-0.4, -0.2) is 61.8 Å². The van der Waals surface area contributed by atoms with Crippen LogP contribution in [0.5, 0.6) is 0 Å². The van der Waals surface area contributed by atoms with E-state index in [1.165, 1.54) is 0 Å². The zero-order valence-corrected chi connectivity index (χ0v) is 11.4. The highest BCUT2D eigenvalue weighted by Gasteiger charge is 2.80. The molecule has 4 atom stereocenters. The van der Waals surface area contributed by atoms with Crippen molar-refractivity contribution in [2.45, 2.75) is 36.3 Å². The van der Waals surface area contributed by atoms with Gasteiger partial charge in [-0.15, -0.1) is 0 Å². The highest BCUT2D eigenvalue weighted by atomic mass is 16.7. The van der Waals surface area contributed by atoms with Gasteiger partial charge in [0.1, 0.15) is 25.4 Å². The number of ether oxygens (including phenoxy) is 5. The Balaban J connectivity index is 1.44. The van der Waals surface area contributed by atoms with E-state index >= 15 is 0 Å². The number of fused-ring (bicyclic) bond motifs is 1. The largest absolute Gasteiger partial charge is 0.461 e. The highest BCUT2D eigenvalue weighted by molar-refractivity contribution is 6.00. The number of esters is 2. The monoisotopic (exact) mass is 296 g/mol. The summed E-state index contributed by atoms with van der Waals surface area (Å²) in [5.41, 5.74) is -2.54. The number of carbonyl (C=O) groups is 2. The van der Waals surface area contributed by atoms with Crippen LogP contribution in [0.25, 0.3) is 0 Å². The molecule has 4 unspecified atom stereocenters. The summed E-state index contributed by atoms with van der Waals surface area (Å²) in [6.45, 7) is 1.61. The lowest BCUT2D eigenvalue weighted by Crippen LogP contribution is -2.42. The Labute approximate surface area is 121 Å². The molecule has 0 spiro atoms. The topological polar surface area (TPSA) is 90.2 Å². The van der Waals surface area contributed by atoms with Gasteiger partial charge in [-0.25, -0.2) is 9.59 Å². The summed E-state index contributed by atoms with van der Waals surface area (Å²) in [6, 6.07) is 0. The molecule has 4 rings (SSSR count). The predicted octanol–water partition coefficient (Wildman–Crippen LogP) is -0.272. The average Bonchev–Trinajstić information content (AvgIpc) is 3.38. The molecule has 4 aliphatic rings. The van der Waals surface area contributed by atoms with Crippen LogP contribution in [0, 0.1) is 0 Å². The molecule has 3 saturated heterocycles. The summed E-state index contributed by atoms with van der Waals surface area (Å²) in [5, 5.41) is 0. The summed E-state index contributed by atoms with van der Waals surface area (Å²) < 4.78 is 26.0. The molecule has 7 heteroatoms. The van der Waals surface area contributed by atoms with Crippen molar-refractivity contribution in [3.63, 3.8) is 0 Å². The van der Waals surface area contributed by atoms with Gasteiger partial charge in [-0.05, 0) is 18.9 Å². The van der Waals surface area contributed by atoms with Crippen molar-refractivity contribution < 1.29 is 33.3 Å². The first-order chi connectivity index (χ1) is 10.2. The van der Waals surface area contributed by atoms with Crippen molar-refractivity contribution in [2.75, 3.05) is 26.4 Å². The molecule has 21 heavy (non-hydrogen) atoms. The van der Waals surface area contributed by atoms with Gasteiger partial charge in [0, 0.05) is 0 Å². The van der Waals surface area contributed by atoms with Crippen LogP contribution in [0.4, 0.5) is 0 Å². The van der Waals surface area contributed by atoms with Crippen LogP contribution in [0.2, 0.25) is 0 Å². The van der Waals surface area contributed by atoms with Crippen LogP contribution in [-0.2, 0) is 33.3 Å². The van der Waals surface area contributed by atoms with Gasteiger partial charge in [-0.1, -0.05) is 6.08 Å². The first-order valence-electron chi connectivity index (χ1n) is 7.12. The number of epoxide rings is 3. The second-order valence-corrected chi connectivity index (χ2v) is 5.71. The van der Waals surface area contributed by atoms with Crippen LogP contribution in [0.1, 0.15) is 12.8 Å². The molecular weight excluding hydrogens is 280 g/mol. The number of hydrogen-bond donors (Lipinski definition) is 0. The minimum Gasteiger partial charge on any atom is -0.461 e. The van der Waals surface area contributed by atoms with Gasteiger partial charge >= 0.3 is 11.9 Å². The quantitative estimate of drug-likeness (QED) is 0.378. The summed E-state index contributed by atoms with van der Waals surface area (Å²) in [7, 11) is 0. The maximum absolute atomic E-state index is 12.3. The standard InChI is InChI=1S/C14H16O7/c15-11(19-7-9-5-17-9)13-3-1-2-4-14(13,21-13)12(16)20-8-10-6-18-10/h1,3,9-10H,2,4-8H2. The summed E-state index contributed by atoms with van der Waals surface area (Å²) >= 11 is 0. The van der Waals surface area contributed by atoms with Gasteiger partial charge < -0.3 is 23.7 Å². The Hall–Kier alpha value is -1.44. The zero-order chi connectivity index (χ0) is 14.5. The molecule has 0 N–H and O–H groups in total. The maximum atomic E-state index is 12.3. The van der Waals surface area contributed by atoms with Crippen molar-refractivity contribution >= 4 is 11.9 Å². The fourth-order valence-electron chi connectivity index (χ4n) is 2.65. The van der Waals surface area contributed by atoms with Gasteiger partial charge in [-0.3, -0.25) is 0 Å². The first-order valence-corrected chi connectivity index (χ1v) is 7.12. The molecule has 0 radical (unpaired) electrons. The van der Waals surface area contributed by atoms with Crippen molar-refractivity contribution in [3.8, 4) is 0 Å². The second kappa shape index (κ2) is 4.53. The van der Waals surface area contributed by atoms with E-state index in [1.807, 2.05) is 6.08 Å². The highest BCUT2D eigenvalue weighted by Crippen LogP contribution is 2.56. The van der Waals surface area contributed by atoms with Gasteiger partial charge in [-0.2, -0.15) is 0 Å². The lowest BCUT2D eigenvalue weighted by Gasteiger charge is -2.18. The van der Waals surface area contributed by atoms with E-state index in [4.69, 9.17) is 23.7 Å². The number of carbonyl (C=O) groups excluding carboxylic acids is 2. The third-order valence-electron chi connectivity index (χ3n) is 4.15. The van der Waals surface area contributed by atoms with E-state index in [1.54, 1.807) is 6.08 Å². The number of allylic oxidation sites excluding steroid dienone is 1. The summed E-state index contributed by atoms with van der Waals surface area (Å²) in [4.78, 5) is 24.6. The smallest absolute Gasteiger partial charge is 0.346 e. The van der Waals surface area contributed by atoms with Crippen molar-refractivity contribution in [1.82, 2.24) is 0 Å². The third kappa shape index (κ3) is 2.16. The summed E-state index contributed by atoms with van der Waals surface area (Å²) in [6.07, 6.45) is 4.49. The van der Waals surface area contributed by atoms with E-state index in [0.29, 0.717) is 26.1 Å². The Morgan fingerprint density at radius 1 is 1.10 bits per heavy atom. The molecule has 0 bridgehead atoms. The summed E-state index contributed by atoms with van der Waals surface area (Å²) in [5.74, 6) is -1.06. The fourth-order valence-corrected chi connectivity index (χ4v) is 2.65. The molecule has 0 aromatic heterocycles. The lowest BCUT2D eigenvalue weighted by atomic mass is 9.84. The molecule has 3 heterocycles. The average molecular weight is 296 g/mol. The van der Waals surface area contributed by atoms with E-state index in [0.717, 1.165) is 0 Å². The normalized spacial score (nSPS) is 41.9. The molecule has 3 fully saturated rings.